The van der Waals surface area contributed by atoms with Gasteiger partial charge in [-0.3, -0.25) is 15.0 Å². The Balaban J connectivity index is 2.04. The highest BCUT2D eigenvalue weighted by molar-refractivity contribution is 5.66. The minimum Gasteiger partial charge on any atom is -0.265 e. The maximum Gasteiger partial charge on any atom is 0.150 e. The van der Waals surface area contributed by atoms with Crippen molar-refractivity contribution >= 4 is 0 Å². The quantitative estimate of drug-likeness (QED) is 0.701. The third-order valence-corrected chi connectivity index (χ3v) is 2.81. The summed E-state index contributed by atoms with van der Waals surface area (Å²) in [6, 6.07) is 8.60. The van der Waals surface area contributed by atoms with Crippen molar-refractivity contribution in [3.8, 4) is 22.4 Å². The zero-order valence-electron chi connectivity index (χ0n) is 9.99. The number of rotatable bonds is 2. The van der Waals surface area contributed by atoms with Crippen LogP contribution in [0.1, 0.15) is 0 Å². The van der Waals surface area contributed by atoms with Crippen LogP contribution in [-0.2, 0) is 0 Å². The van der Waals surface area contributed by atoms with Crippen LogP contribution in [0.2, 0.25) is 0 Å². The molecule has 3 aromatic rings. The monoisotopic (exact) mass is 251 g/mol. The normalized spacial score (nSPS) is 10.4. The SMILES string of the molecule is Fc1cc(-c2ccncc2)cnc1-c1ccncc1. The number of nitrogens with zero attached hydrogens (tertiary/aromatic N) is 3. The molecule has 0 aliphatic heterocycles. The summed E-state index contributed by atoms with van der Waals surface area (Å²) in [5.41, 5.74) is 2.68. The molecular weight excluding hydrogens is 241 g/mol. The Morgan fingerprint density at radius 3 is 1.89 bits per heavy atom. The molecular formula is C15H10FN3. The van der Waals surface area contributed by atoms with Gasteiger partial charge in [-0.1, -0.05) is 0 Å². The summed E-state index contributed by atoms with van der Waals surface area (Å²) in [5.74, 6) is -0.347. The summed E-state index contributed by atoms with van der Waals surface area (Å²) >= 11 is 0. The second-order valence-corrected chi connectivity index (χ2v) is 4.03. The van der Waals surface area contributed by atoms with Crippen LogP contribution in [0.4, 0.5) is 4.39 Å². The Hall–Kier alpha value is -2.62. The van der Waals surface area contributed by atoms with Gasteiger partial charge in [0.25, 0.3) is 0 Å². The lowest BCUT2D eigenvalue weighted by atomic mass is 10.1. The molecule has 0 unspecified atom stereocenters. The van der Waals surface area contributed by atoms with E-state index in [0.29, 0.717) is 11.3 Å². The van der Waals surface area contributed by atoms with E-state index in [0.717, 1.165) is 11.1 Å². The van der Waals surface area contributed by atoms with E-state index in [2.05, 4.69) is 15.0 Å². The van der Waals surface area contributed by atoms with Crippen molar-refractivity contribution < 1.29 is 4.39 Å². The van der Waals surface area contributed by atoms with Crippen molar-refractivity contribution in [2.75, 3.05) is 0 Å². The molecule has 0 spiro atoms. The van der Waals surface area contributed by atoms with Gasteiger partial charge < -0.3 is 0 Å². The summed E-state index contributed by atoms with van der Waals surface area (Å²) in [5, 5.41) is 0. The lowest BCUT2D eigenvalue weighted by molar-refractivity contribution is 0.626. The van der Waals surface area contributed by atoms with Crippen molar-refractivity contribution in [2.24, 2.45) is 0 Å². The number of halogens is 1. The predicted octanol–water partition coefficient (Wildman–Crippen LogP) is 3.34. The predicted molar refractivity (Wildman–Crippen MR) is 70.7 cm³/mol. The van der Waals surface area contributed by atoms with E-state index in [1.165, 1.54) is 6.07 Å². The first kappa shape index (κ1) is 11.5. The zero-order valence-corrected chi connectivity index (χ0v) is 9.99. The molecule has 92 valence electrons. The van der Waals surface area contributed by atoms with E-state index in [-0.39, 0.29) is 5.82 Å². The van der Waals surface area contributed by atoms with E-state index in [1.54, 1.807) is 43.1 Å². The van der Waals surface area contributed by atoms with E-state index in [4.69, 9.17) is 0 Å². The second kappa shape index (κ2) is 4.94. The molecule has 4 heteroatoms. The minimum atomic E-state index is -0.347. The smallest absolute Gasteiger partial charge is 0.150 e. The van der Waals surface area contributed by atoms with Gasteiger partial charge in [-0.2, -0.15) is 0 Å². The molecule has 0 saturated carbocycles. The molecule has 0 fully saturated rings. The molecule has 3 nitrogen and oxygen atoms in total. The first-order valence-electron chi connectivity index (χ1n) is 5.81. The molecule has 0 aromatic carbocycles. The number of hydrogen-bond donors (Lipinski definition) is 0. The first-order valence-corrected chi connectivity index (χ1v) is 5.81. The highest BCUT2D eigenvalue weighted by Gasteiger charge is 2.08. The van der Waals surface area contributed by atoms with Crippen molar-refractivity contribution in [3.05, 3.63) is 67.1 Å². The van der Waals surface area contributed by atoms with Crippen LogP contribution < -0.4 is 0 Å². The van der Waals surface area contributed by atoms with Gasteiger partial charge in [-0.05, 0) is 35.9 Å². The van der Waals surface area contributed by atoms with Crippen molar-refractivity contribution in [3.63, 3.8) is 0 Å². The summed E-state index contributed by atoms with van der Waals surface area (Å²) in [7, 11) is 0. The minimum absolute atomic E-state index is 0.334. The molecule has 0 aliphatic carbocycles. The Kier molecular flexibility index (Phi) is 2.98. The molecule has 3 heterocycles. The fraction of sp³-hybridized carbons (Fsp3) is 0. The maximum absolute atomic E-state index is 14.1. The van der Waals surface area contributed by atoms with Gasteiger partial charge in [0.2, 0.25) is 0 Å². The third kappa shape index (κ3) is 2.33. The maximum atomic E-state index is 14.1. The number of hydrogen-bond acceptors (Lipinski definition) is 3. The average Bonchev–Trinajstić information content (AvgIpc) is 2.49. The van der Waals surface area contributed by atoms with Crippen molar-refractivity contribution in [1.29, 1.82) is 0 Å². The average molecular weight is 251 g/mol. The topological polar surface area (TPSA) is 38.7 Å². The van der Waals surface area contributed by atoms with Crippen LogP contribution in [0, 0.1) is 5.82 Å². The molecule has 0 amide bonds. The molecule has 19 heavy (non-hydrogen) atoms. The van der Waals surface area contributed by atoms with Crippen LogP contribution in [-0.4, -0.2) is 15.0 Å². The lowest BCUT2D eigenvalue weighted by Crippen LogP contribution is -1.91. The van der Waals surface area contributed by atoms with Crippen molar-refractivity contribution in [1.82, 2.24) is 15.0 Å². The Morgan fingerprint density at radius 1 is 0.737 bits per heavy atom. The fourth-order valence-electron chi connectivity index (χ4n) is 1.86. The summed E-state index contributed by atoms with van der Waals surface area (Å²) < 4.78 is 14.1. The lowest BCUT2D eigenvalue weighted by Gasteiger charge is -2.05. The van der Waals surface area contributed by atoms with Crippen LogP contribution in [0.25, 0.3) is 22.4 Å². The molecule has 0 atom stereocenters. The fourth-order valence-corrected chi connectivity index (χ4v) is 1.86. The molecule has 0 bridgehead atoms. The van der Waals surface area contributed by atoms with Crippen LogP contribution >= 0.6 is 0 Å². The zero-order chi connectivity index (χ0) is 13.1. The summed E-state index contributed by atoms with van der Waals surface area (Å²) in [6.45, 7) is 0. The van der Waals surface area contributed by atoms with Gasteiger partial charge in [0.05, 0.1) is 0 Å². The van der Waals surface area contributed by atoms with Crippen LogP contribution in [0.15, 0.2) is 61.3 Å². The van der Waals surface area contributed by atoms with Gasteiger partial charge in [0.1, 0.15) is 11.5 Å². The highest BCUT2D eigenvalue weighted by atomic mass is 19.1. The van der Waals surface area contributed by atoms with E-state index in [9.17, 15) is 4.39 Å². The molecule has 0 radical (unpaired) electrons. The number of aromatic nitrogens is 3. The second-order valence-electron chi connectivity index (χ2n) is 4.03. The molecule has 0 N–H and O–H groups in total. The summed E-state index contributed by atoms with van der Waals surface area (Å²) in [6.07, 6.45) is 8.24. The van der Waals surface area contributed by atoms with Gasteiger partial charge in [0, 0.05) is 42.1 Å². The number of pyridine rings is 3. The van der Waals surface area contributed by atoms with Gasteiger partial charge in [-0.15, -0.1) is 0 Å². The van der Waals surface area contributed by atoms with Gasteiger partial charge in [0.15, 0.2) is 0 Å². The first-order chi connectivity index (χ1) is 9.34. The Labute approximate surface area is 109 Å². The van der Waals surface area contributed by atoms with E-state index < -0.39 is 0 Å². The molecule has 3 aromatic heterocycles. The standard InChI is InChI=1S/C15H10FN3/c16-14-9-13(11-1-5-17-6-2-11)10-19-15(14)12-3-7-18-8-4-12/h1-10H. The Bertz CT molecular complexity index is 684. The molecule has 0 aliphatic rings. The van der Waals surface area contributed by atoms with Gasteiger partial charge in [-0.25, -0.2) is 4.39 Å². The Morgan fingerprint density at radius 2 is 1.32 bits per heavy atom. The summed E-state index contributed by atoms with van der Waals surface area (Å²) in [4.78, 5) is 12.0. The molecule has 0 saturated heterocycles. The largest absolute Gasteiger partial charge is 0.265 e. The van der Waals surface area contributed by atoms with Crippen molar-refractivity contribution in [2.45, 2.75) is 0 Å². The highest BCUT2D eigenvalue weighted by Crippen LogP contribution is 2.24. The van der Waals surface area contributed by atoms with Crippen LogP contribution in [0.5, 0.6) is 0 Å². The van der Waals surface area contributed by atoms with Crippen LogP contribution in [0.3, 0.4) is 0 Å². The van der Waals surface area contributed by atoms with Gasteiger partial charge >= 0.3 is 0 Å². The van der Waals surface area contributed by atoms with E-state index >= 15 is 0 Å². The third-order valence-electron chi connectivity index (χ3n) is 2.81. The molecule has 3 rings (SSSR count). The van der Waals surface area contributed by atoms with E-state index in [1.807, 2.05) is 12.1 Å².